The number of aryl methyl sites for hydroxylation is 1. The van der Waals surface area contributed by atoms with Crippen molar-refractivity contribution in [3.05, 3.63) is 29.8 Å². The van der Waals surface area contributed by atoms with Gasteiger partial charge in [-0.3, -0.25) is 4.79 Å². The van der Waals surface area contributed by atoms with Crippen molar-refractivity contribution < 1.29 is 9.53 Å². The van der Waals surface area contributed by atoms with Crippen molar-refractivity contribution in [1.82, 2.24) is 0 Å². The number of carbonyl (C=O) groups is 1. The Bertz CT molecular complexity index is 380. The zero-order valence-electron chi connectivity index (χ0n) is 10.4. The van der Waals surface area contributed by atoms with Crippen LogP contribution >= 0.6 is 0 Å². The Kier molecular flexibility index (Phi) is 4.18. The van der Waals surface area contributed by atoms with E-state index in [4.69, 9.17) is 4.74 Å². The monoisotopic (exact) mass is 232 g/mol. The van der Waals surface area contributed by atoms with Crippen LogP contribution in [0.2, 0.25) is 0 Å². The van der Waals surface area contributed by atoms with Gasteiger partial charge in [0.1, 0.15) is 11.5 Å². The molecule has 2 heteroatoms. The molecular formula is C15H20O2. The van der Waals surface area contributed by atoms with E-state index in [1.807, 2.05) is 19.1 Å². The molecule has 0 saturated heterocycles. The van der Waals surface area contributed by atoms with Gasteiger partial charge in [0.05, 0.1) is 6.10 Å². The summed E-state index contributed by atoms with van der Waals surface area (Å²) in [6.45, 7) is 2.04. The smallest absolute Gasteiger partial charge is 0.133 e. The fourth-order valence-corrected chi connectivity index (χ4v) is 1.84. The van der Waals surface area contributed by atoms with Gasteiger partial charge in [-0.1, -0.05) is 19.1 Å². The lowest BCUT2D eigenvalue weighted by molar-refractivity contribution is -0.119. The number of rotatable bonds is 7. The summed E-state index contributed by atoms with van der Waals surface area (Å²) in [5.74, 6) is 1.31. The van der Waals surface area contributed by atoms with E-state index < -0.39 is 0 Å². The predicted octanol–water partition coefficient (Wildman–Crippen LogP) is 3.53. The molecule has 0 radical (unpaired) electrons. The van der Waals surface area contributed by atoms with Crippen LogP contribution in [0.1, 0.15) is 44.6 Å². The first-order chi connectivity index (χ1) is 8.28. The van der Waals surface area contributed by atoms with Crippen LogP contribution in [0.4, 0.5) is 0 Å². The highest BCUT2D eigenvalue weighted by molar-refractivity contribution is 5.78. The molecule has 2 rings (SSSR count). The first-order valence-corrected chi connectivity index (χ1v) is 6.55. The van der Waals surface area contributed by atoms with Crippen LogP contribution in [0.5, 0.6) is 5.75 Å². The lowest BCUT2D eigenvalue weighted by Crippen LogP contribution is -2.00. The highest BCUT2D eigenvalue weighted by Crippen LogP contribution is 2.27. The number of ketones is 1. The van der Waals surface area contributed by atoms with Crippen molar-refractivity contribution in [2.24, 2.45) is 0 Å². The highest BCUT2D eigenvalue weighted by atomic mass is 16.5. The van der Waals surface area contributed by atoms with Gasteiger partial charge in [0.15, 0.2) is 0 Å². The number of carbonyl (C=O) groups excluding carboxylic acids is 1. The van der Waals surface area contributed by atoms with Gasteiger partial charge < -0.3 is 4.74 Å². The van der Waals surface area contributed by atoms with E-state index >= 15 is 0 Å². The number of hydrogen-bond donors (Lipinski definition) is 0. The van der Waals surface area contributed by atoms with E-state index in [0.29, 0.717) is 24.7 Å². The number of Topliss-reactive ketones (excluding diaryl/α,β-unsaturated/α-hetero) is 1. The van der Waals surface area contributed by atoms with E-state index in [2.05, 4.69) is 12.1 Å². The number of benzene rings is 1. The van der Waals surface area contributed by atoms with Crippen LogP contribution in [-0.4, -0.2) is 11.9 Å². The van der Waals surface area contributed by atoms with Gasteiger partial charge in [0.2, 0.25) is 0 Å². The largest absolute Gasteiger partial charge is 0.490 e. The minimum atomic E-state index is 0.362. The molecule has 1 aliphatic rings. The average Bonchev–Trinajstić information content (AvgIpc) is 3.11. The topological polar surface area (TPSA) is 26.3 Å². The Morgan fingerprint density at radius 1 is 1.35 bits per heavy atom. The quantitative estimate of drug-likeness (QED) is 0.719. The molecule has 0 unspecified atom stereocenters. The zero-order valence-corrected chi connectivity index (χ0v) is 10.4. The Labute approximate surface area is 103 Å². The summed E-state index contributed by atoms with van der Waals surface area (Å²) in [6, 6.07) is 8.14. The van der Waals surface area contributed by atoms with Gasteiger partial charge in [-0.25, -0.2) is 0 Å². The second-order valence-corrected chi connectivity index (χ2v) is 4.75. The molecule has 0 spiro atoms. The molecule has 92 valence electrons. The second kappa shape index (κ2) is 5.85. The first kappa shape index (κ1) is 12.2. The molecule has 1 aromatic carbocycles. The van der Waals surface area contributed by atoms with Crippen molar-refractivity contribution in [3.8, 4) is 5.75 Å². The summed E-state index contributed by atoms with van der Waals surface area (Å²) in [5.41, 5.74) is 1.20. The third kappa shape index (κ3) is 4.22. The Morgan fingerprint density at radius 3 is 2.88 bits per heavy atom. The van der Waals surface area contributed by atoms with Crippen LogP contribution in [0.15, 0.2) is 24.3 Å². The van der Waals surface area contributed by atoms with Crippen molar-refractivity contribution in [2.45, 2.75) is 51.6 Å². The molecule has 1 fully saturated rings. The van der Waals surface area contributed by atoms with Crippen LogP contribution in [0.3, 0.4) is 0 Å². The molecule has 2 nitrogen and oxygen atoms in total. The third-order valence-corrected chi connectivity index (χ3v) is 2.95. The molecule has 1 aliphatic carbocycles. The molecule has 0 aliphatic heterocycles. The SMILES string of the molecule is CCCC(=O)CCc1cccc(OC2CC2)c1. The van der Waals surface area contributed by atoms with E-state index in [-0.39, 0.29) is 0 Å². The summed E-state index contributed by atoms with van der Waals surface area (Å²) in [4.78, 5) is 11.5. The first-order valence-electron chi connectivity index (χ1n) is 6.55. The zero-order chi connectivity index (χ0) is 12.1. The lowest BCUT2D eigenvalue weighted by atomic mass is 10.1. The molecule has 0 bridgehead atoms. The van der Waals surface area contributed by atoms with Crippen LogP contribution in [-0.2, 0) is 11.2 Å². The maximum absolute atomic E-state index is 11.5. The maximum atomic E-state index is 11.5. The van der Waals surface area contributed by atoms with Crippen LogP contribution in [0.25, 0.3) is 0 Å². The van der Waals surface area contributed by atoms with E-state index in [0.717, 1.165) is 18.6 Å². The molecule has 0 aromatic heterocycles. The van der Waals surface area contributed by atoms with Crippen molar-refractivity contribution >= 4 is 5.78 Å². The molecule has 1 saturated carbocycles. The molecule has 0 heterocycles. The van der Waals surface area contributed by atoms with Crippen molar-refractivity contribution in [3.63, 3.8) is 0 Å². The second-order valence-electron chi connectivity index (χ2n) is 4.75. The summed E-state index contributed by atoms with van der Waals surface area (Å²) < 4.78 is 5.74. The summed E-state index contributed by atoms with van der Waals surface area (Å²) in [5, 5.41) is 0. The molecule has 0 N–H and O–H groups in total. The summed E-state index contributed by atoms with van der Waals surface area (Å²) in [7, 11) is 0. The highest BCUT2D eigenvalue weighted by Gasteiger charge is 2.23. The molecular weight excluding hydrogens is 212 g/mol. The van der Waals surface area contributed by atoms with Gasteiger partial charge >= 0.3 is 0 Å². The average molecular weight is 232 g/mol. The van der Waals surface area contributed by atoms with Crippen LogP contribution in [0, 0.1) is 0 Å². The standard InChI is InChI=1S/C15H20O2/c1-2-4-13(16)8-7-12-5-3-6-15(11-12)17-14-9-10-14/h3,5-6,11,14H,2,4,7-10H2,1H3. The number of ether oxygens (including phenoxy) is 1. The minimum Gasteiger partial charge on any atom is -0.490 e. The van der Waals surface area contributed by atoms with Gasteiger partial charge in [-0.05, 0) is 43.4 Å². The van der Waals surface area contributed by atoms with Gasteiger partial charge in [0.25, 0.3) is 0 Å². The summed E-state index contributed by atoms with van der Waals surface area (Å²) in [6.07, 6.45) is 5.94. The predicted molar refractivity (Wildman–Crippen MR) is 68.3 cm³/mol. The van der Waals surface area contributed by atoms with E-state index in [1.54, 1.807) is 0 Å². The molecule has 0 amide bonds. The maximum Gasteiger partial charge on any atom is 0.133 e. The fraction of sp³-hybridized carbons (Fsp3) is 0.533. The van der Waals surface area contributed by atoms with Crippen molar-refractivity contribution in [2.75, 3.05) is 0 Å². The Balaban J connectivity index is 1.84. The van der Waals surface area contributed by atoms with Gasteiger partial charge in [-0.2, -0.15) is 0 Å². The van der Waals surface area contributed by atoms with Crippen LogP contribution < -0.4 is 4.74 Å². The van der Waals surface area contributed by atoms with Crippen molar-refractivity contribution in [1.29, 1.82) is 0 Å². The third-order valence-electron chi connectivity index (χ3n) is 2.95. The fourth-order valence-electron chi connectivity index (χ4n) is 1.84. The van der Waals surface area contributed by atoms with E-state index in [1.165, 1.54) is 18.4 Å². The summed E-state index contributed by atoms with van der Waals surface area (Å²) >= 11 is 0. The van der Waals surface area contributed by atoms with E-state index in [9.17, 15) is 4.79 Å². The molecule has 0 atom stereocenters. The van der Waals surface area contributed by atoms with Gasteiger partial charge in [-0.15, -0.1) is 0 Å². The number of hydrogen-bond acceptors (Lipinski definition) is 2. The molecule has 1 aromatic rings. The van der Waals surface area contributed by atoms with Gasteiger partial charge in [0, 0.05) is 12.8 Å². The molecule has 17 heavy (non-hydrogen) atoms. The lowest BCUT2D eigenvalue weighted by Gasteiger charge is -2.06. The minimum absolute atomic E-state index is 0.362. The normalized spacial score (nSPS) is 14.6. The Hall–Kier alpha value is -1.31. The Morgan fingerprint density at radius 2 is 2.18 bits per heavy atom.